The molecule has 78 valence electrons. The lowest BCUT2D eigenvalue weighted by atomic mass is 10.2. The minimum Gasteiger partial charge on any atom is -0.335 e. The molecule has 0 saturated heterocycles. The van der Waals surface area contributed by atoms with Gasteiger partial charge in [0, 0.05) is 14.5 Å². The van der Waals surface area contributed by atoms with Crippen LogP contribution in [0.2, 0.25) is 0 Å². The summed E-state index contributed by atoms with van der Waals surface area (Å²) in [5.74, 6) is 6.32. The number of hydrogen-bond donors (Lipinski definition) is 2. The zero-order valence-electron chi connectivity index (χ0n) is 7.37. The third kappa shape index (κ3) is 2.14. The zero-order valence-corrected chi connectivity index (χ0v) is 11.4. The Bertz CT molecular complexity index is 540. The Kier molecular flexibility index (Phi) is 2.94. The zero-order chi connectivity index (χ0) is 11.0. The molecule has 1 aromatic heterocycles. The maximum absolute atomic E-state index is 5.72. The lowest BCUT2D eigenvalue weighted by Gasteiger charge is -2.02. The summed E-state index contributed by atoms with van der Waals surface area (Å²) in [4.78, 5) is 0. The standard InChI is InChI=1S/C8H6Br2N4S/c9-5-1-4(2-6(10)3-5)7-12-13-8(15)14(7)11/h1-3H,11H2,(H,13,15). The number of H-pyrrole nitrogens is 1. The number of benzene rings is 1. The van der Waals surface area contributed by atoms with E-state index in [1.165, 1.54) is 4.68 Å². The topological polar surface area (TPSA) is 59.6 Å². The molecule has 0 bridgehead atoms. The van der Waals surface area contributed by atoms with E-state index in [4.69, 9.17) is 18.1 Å². The maximum atomic E-state index is 5.72. The monoisotopic (exact) mass is 348 g/mol. The molecule has 0 fully saturated rings. The van der Waals surface area contributed by atoms with Crippen LogP contribution in [0.15, 0.2) is 27.1 Å². The average molecular weight is 350 g/mol. The number of nitrogen functional groups attached to an aromatic ring is 1. The van der Waals surface area contributed by atoms with Gasteiger partial charge in [-0.2, -0.15) is 5.10 Å². The number of halogens is 2. The molecule has 2 rings (SSSR count). The van der Waals surface area contributed by atoms with Gasteiger partial charge in [0.25, 0.3) is 0 Å². The first-order chi connectivity index (χ1) is 7.08. The lowest BCUT2D eigenvalue weighted by molar-refractivity contribution is 0.984. The van der Waals surface area contributed by atoms with Crippen LogP contribution >= 0.6 is 44.1 Å². The third-order valence-corrected chi connectivity index (χ3v) is 3.03. The summed E-state index contributed by atoms with van der Waals surface area (Å²) < 4.78 is 3.62. The fourth-order valence-corrected chi connectivity index (χ4v) is 2.62. The SMILES string of the molecule is Nn1c(-c2cc(Br)cc(Br)c2)n[nH]c1=S. The number of nitrogens with two attached hydrogens (primary N) is 1. The van der Waals surface area contributed by atoms with E-state index in [9.17, 15) is 0 Å². The number of aromatic nitrogens is 3. The van der Waals surface area contributed by atoms with Gasteiger partial charge >= 0.3 is 0 Å². The molecule has 2 aromatic rings. The molecular formula is C8H6Br2N4S. The Morgan fingerprint density at radius 1 is 1.27 bits per heavy atom. The summed E-state index contributed by atoms with van der Waals surface area (Å²) in [6, 6.07) is 5.77. The van der Waals surface area contributed by atoms with Crippen molar-refractivity contribution < 1.29 is 0 Å². The predicted molar refractivity (Wildman–Crippen MR) is 68.4 cm³/mol. The molecule has 0 aliphatic carbocycles. The molecule has 0 amide bonds. The highest BCUT2D eigenvalue weighted by Crippen LogP contribution is 2.25. The Hall–Kier alpha value is -0.660. The van der Waals surface area contributed by atoms with Crippen molar-refractivity contribution in [2.75, 3.05) is 5.84 Å². The highest BCUT2D eigenvalue weighted by Gasteiger charge is 2.07. The smallest absolute Gasteiger partial charge is 0.214 e. The molecule has 1 aromatic carbocycles. The number of rotatable bonds is 1. The Labute approximate surface area is 108 Å². The van der Waals surface area contributed by atoms with Gasteiger partial charge in [0.2, 0.25) is 4.77 Å². The van der Waals surface area contributed by atoms with Crippen LogP contribution in [0, 0.1) is 4.77 Å². The third-order valence-electron chi connectivity index (χ3n) is 1.83. The van der Waals surface area contributed by atoms with Crippen molar-refractivity contribution in [1.29, 1.82) is 0 Å². The van der Waals surface area contributed by atoms with Crippen LogP contribution in [0.5, 0.6) is 0 Å². The molecule has 3 N–H and O–H groups in total. The van der Waals surface area contributed by atoms with Crippen LogP contribution < -0.4 is 5.84 Å². The van der Waals surface area contributed by atoms with Gasteiger partial charge < -0.3 is 5.84 Å². The second-order valence-corrected chi connectivity index (χ2v) is 5.10. The number of aromatic amines is 1. The molecule has 0 aliphatic rings. The van der Waals surface area contributed by atoms with Crippen molar-refractivity contribution in [1.82, 2.24) is 14.9 Å². The van der Waals surface area contributed by atoms with E-state index in [2.05, 4.69) is 42.1 Å². The van der Waals surface area contributed by atoms with Gasteiger partial charge in [-0.1, -0.05) is 31.9 Å². The number of hydrogen-bond acceptors (Lipinski definition) is 3. The van der Waals surface area contributed by atoms with Crippen molar-refractivity contribution in [2.45, 2.75) is 0 Å². The molecule has 0 spiro atoms. The van der Waals surface area contributed by atoms with Gasteiger partial charge in [-0.15, -0.1) is 0 Å². The highest BCUT2D eigenvalue weighted by atomic mass is 79.9. The van der Waals surface area contributed by atoms with Crippen molar-refractivity contribution in [3.05, 3.63) is 31.9 Å². The molecule has 4 nitrogen and oxygen atoms in total. The first-order valence-electron chi connectivity index (χ1n) is 3.97. The molecule has 0 aliphatic heterocycles. The summed E-state index contributed by atoms with van der Waals surface area (Å²) in [6.07, 6.45) is 0. The largest absolute Gasteiger partial charge is 0.335 e. The summed E-state index contributed by atoms with van der Waals surface area (Å²) in [5.41, 5.74) is 0.881. The van der Waals surface area contributed by atoms with E-state index in [1.54, 1.807) is 0 Å². The molecule has 0 unspecified atom stereocenters. The fraction of sp³-hybridized carbons (Fsp3) is 0. The molecule has 0 atom stereocenters. The first-order valence-corrected chi connectivity index (χ1v) is 5.96. The maximum Gasteiger partial charge on any atom is 0.214 e. The second kappa shape index (κ2) is 4.07. The van der Waals surface area contributed by atoms with Gasteiger partial charge in [0.15, 0.2) is 5.82 Å². The quantitative estimate of drug-likeness (QED) is 0.614. The van der Waals surface area contributed by atoms with Crippen LogP contribution in [-0.2, 0) is 0 Å². The Morgan fingerprint density at radius 2 is 1.87 bits per heavy atom. The molecule has 15 heavy (non-hydrogen) atoms. The van der Waals surface area contributed by atoms with Gasteiger partial charge in [-0.05, 0) is 30.4 Å². The van der Waals surface area contributed by atoms with Gasteiger partial charge in [-0.3, -0.25) is 0 Å². The van der Waals surface area contributed by atoms with Crippen molar-refractivity contribution in [3.63, 3.8) is 0 Å². The van der Waals surface area contributed by atoms with Crippen LogP contribution in [0.25, 0.3) is 11.4 Å². The molecule has 7 heteroatoms. The first kappa shape index (κ1) is 10.8. The van der Waals surface area contributed by atoms with E-state index >= 15 is 0 Å². The predicted octanol–water partition coefficient (Wildman–Crippen LogP) is 2.85. The molecule has 1 heterocycles. The minimum absolute atomic E-state index is 0.390. The van der Waals surface area contributed by atoms with E-state index in [0.717, 1.165) is 14.5 Å². The fourth-order valence-electron chi connectivity index (χ4n) is 1.19. The summed E-state index contributed by atoms with van der Waals surface area (Å²) in [6.45, 7) is 0. The Morgan fingerprint density at radius 3 is 2.33 bits per heavy atom. The van der Waals surface area contributed by atoms with E-state index in [1.807, 2.05) is 18.2 Å². The minimum atomic E-state index is 0.390. The van der Waals surface area contributed by atoms with Gasteiger partial charge in [0.05, 0.1) is 0 Å². The van der Waals surface area contributed by atoms with E-state index < -0.39 is 0 Å². The molecule has 0 saturated carbocycles. The summed E-state index contributed by atoms with van der Waals surface area (Å²) in [7, 11) is 0. The molecular weight excluding hydrogens is 344 g/mol. The van der Waals surface area contributed by atoms with Gasteiger partial charge in [0.1, 0.15) is 0 Å². The van der Waals surface area contributed by atoms with E-state index in [0.29, 0.717) is 10.6 Å². The van der Waals surface area contributed by atoms with Crippen LogP contribution in [0.3, 0.4) is 0 Å². The van der Waals surface area contributed by atoms with Crippen molar-refractivity contribution in [3.8, 4) is 11.4 Å². The summed E-state index contributed by atoms with van der Waals surface area (Å²) in [5, 5.41) is 6.68. The molecule has 0 radical (unpaired) electrons. The van der Waals surface area contributed by atoms with Crippen LogP contribution in [-0.4, -0.2) is 14.9 Å². The Balaban J connectivity index is 2.63. The summed E-state index contributed by atoms with van der Waals surface area (Å²) >= 11 is 11.7. The highest BCUT2D eigenvalue weighted by molar-refractivity contribution is 9.11. The average Bonchev–Trinajstić information content (AvgIpc) is 2.46. The van der Waals surface area contributed by atoms with Crippen LogP contribution in [0.1, 0.15) is 0 Å². The van der Waals surface area contributed by atoms with Gasteiger partial charge in [-0.25, -0.2) is 9.77 Å². The van der Waals surface area contributed by atoms with E-state index in [-0.39, 0.29) is 0 Å². The lowest BCUT2D eigenvalue weighted by Crippen LogP contribution is -2.09. The van der Waals surface area contributed by atoms with Crippen LogP contribution in [0.4, 0.5) is 0 Å². The number of nitrogens with one attached hydrogen (secondary N) is 1. The number of nitrogens with zero attached hydrogens (tertiary/aromatic N) is 2. The normalized spacial score (nSPS) is 10.5. The second-order valence-electron chi connectivity index (χ2n) is 2.88. The van der Waals surface area contributed by atoms with Crippen molar-refractivity contribution >= 4 is 44.1 Å². The van der Waals surface area contributed by atoms with Crippen molar-refractivity contribution in [2.24, 2.45) is 0 Å².